The lowest BCUT2D eigenvalue weighted by Gasteiger charge is -2.16. The number of nitrogens with one attached hydrogen (secondary N) is 1. The first-order chi connectivity index (χ1) is 9.28. The van der Waals surface area contributed by atoms with Crippen LogP contribution in [0.25, 0.3) is 0 Å². The SMILES string of the molecule is C=CCCCN(C)Cc1cccc(CNC2CC2)n1. The lowest BCUT2D eigenvalue weighted by atomic mass is 10.2. The van der Waals surface area contributed by atoms with Crippen LogP contribution in [0.2, 0.25) is 0 Å². The van der Waals surface area contributed by atoms with Crippen molar-refractivity contribution in [1.82, 2.24) is 15.2 Å². The monoisotopic (exact) mass is 259 g/mol. The van der Waals surface area contributed by atoms with E-state index in [4.69, 9.17) is 4.98 Å². The first-order valence-electron chi connectivity index (χ1n) is 7.25. The predicted octanol–water partition coefficient (Wildman–Crippen LogP) is 2.73. The van der Waals surface area contributed by atoms with Crippen LogP contribution in [0.1, 0.15) is 37.1 Å². The molecule has 0 aromatic carbocycles. The molecule has 1 fully saturated rings. The van der Waals surface area contributed by atoms with Gasteiger partial charge in [-0.15, -0.1) is 6.58 Å². The molecule has 19 heavy (non-hydrogen) atoms. The zero-order valence-electron chi connectivity index (χ0n) is 11.9. The summed E-state index contributed by atoms with van der Waals surface area (Å²) in [7, 11) is 2.15. The van der Waals surface area contributed by atoms with E-state index < -0.39 is 0 Å². The molecule has 1 aliphatic carbocycles. The van der Waals surface area contributed by atoms with E-state index in [-0.39, 0.29) is 0 Å². The Bertz CT molecular complexity index is 399. The van der Waals surface area contributed by atoms with Gasteiger partial charge in [0.25, 0.3) is 0 Å². The molecule has 1 aliphatic rings. The quantitative estimate of drug-likeness (QED) is 0.546. The normalized spacial score (nSPS) is 14.8. The van der Waals surface area contributed by atoms with Gasteiger partial charge >= 0.3 is 0 Å². The Morgan fingerprint density at radius 2 is 2.21 bits per heavy atom. The molecule has 1 N–H and O–H groups in total. The third-order valence-corrected chi connectivity index (χ3v) is 3.39. The summed E-state index contributed by atoms with van der Waals surface area (Å²) < 4.78 is 0. The molecule has 0 aliphatic heterocycles. The van der Waals surface area contributed by atoms with Crippen LogP contribution in [0.3, 0.4) is 0 Å². The minimum atomic E-state index is 0.743. The Morgan fingerprint density at radius 3 is 2.95 bits per heavy atom. The molecule has 3 heteroatoms. The number of pyridine rings is 1. The summed E-state index contributed by atoms with van der Waals surface area (Å²) in [4.78, 5) is 7.04. The lowest BCUT2D eigenvalue weighted by Crippen LogP contribution is -2.21. The van der Waals surface area contributed by atoms with Crippen LogP contribution in [-0.2, 0) is 13.1 Å². The molecule has 1 saturated carbocycles. The summed E-state index contributed by atoms with van der Waals surface area (Å²) in [6, 6.07) is 7.08. The summed E-state index contributed by atoms with van der Waals surface area (Å²) in [6.45, 7) is 6.68. The molecule has 104 valence electrons. The standard InChI is InChI=1S/C16H25N3/c1-3-4-5-11-19(2)13-16-8-6-7-15(18-16)12-17-14-9-10-14/h3,6-8,14,17H,1,4-5,9-13H2,2H3. The van der Waals surface area contributed by atoms with Crippen molar-refractivity contribution in [1.29, 1.82) is 0 Å². The highest BCUT2D eigenvalue weighted by Gasteiger charge is 2.20. The van der Waals surface area contributed by atoms with Crippen molar-refractivity contribution in [2.45, 2.75) is 44.8 Å². The predicted molar refractivity (Wildman–Crippen MR) is 79.9 cm³/mol. The fourth-order valence-corrected chi connectivity index (χ4v) is 2.11. The van der Waals surface area contributed by atoms with E-state index in [1.807, 2.05) is 6.08 Å². The van der Waals surface area contributed by atoms with Gasteiger partial charge in [-0.2, -0.15) is 0 Å². The number of hydrogen-bond acceptors (Lipinski definition) is 3. The molecule has 0 saturated heterocycles. The van der Waals surface area contributed by atoms with Gasteiger partial charge in [0.2, 0.25) is 0 Å². The zero-order chi connectivity index (χ0) is 13.5. The van der Waals surface area contributed by atoms with Crippen LogP contribution in [-0.4, -0.2) is 29.5 Å². The van der Waals surface area contributed by atoms with Gasteiger partial charge in [0.1, 0.15) is 0 Å². The van der Waals surface area contributed by atoms with Crippen molar-refractivity contribution < 1.29 is 0 Å². The molecule has 1 heterocycles. The van der Waals surface area contributed by atoms with Crippen LogP contribution >= 0.6 is 0 Å². The van der Waals surface area contributed by atoms with Gasteiger partial charge in [-0.3, -0.25) is 4.98 Å². The Hall–Kier alpha value is -1.19. The van der Waals surface area contributed by atoms with Gasteiger partial charge in [-0.25, -0.2) is 0 Å². The summed E-state index contributed by atoms with van der Waals surface area (Å²) in [5, 5.41) is 3.51. The molecule has 0 radical (unpaired) electrons. The second kappa shape index (κ2) is 7.41. The smallest absolute Gasteiger partial charge is 0.0547 e. The largest absolute Gasteiger partial charge is 0.308 e. The number of rotatable bonds is 9. The third kappa shape index (κ3) is 5.53. The van der Waals surface area contributed by atoms with Crippen molar-refractivity contribution in [3.63, 3.8) is 0 Å². The van der Waals surface area contributed by atoms with Gasteiger partial charge in [-0.05, 0) is 51.4 Å². The summed E-state index contributed by atoms with van der Waals surface area (Å²) >= 11 is 0. The van der Waals surface area contributed by atoms with Gasteiger partial charge < -0.3 is 10.2 Å². The fraction of sp³-hybridized carbons (Fsp3) is 0.562. The van der Waals surface area contributed by atoms with Gasteiger partial charge in [0, 0.05) is 19.1 Å². The molecule has 1 aromatic rings. The molecule has 2 rings (SSSR count). The van der Waals surface area contributed by atoms with Crippen LogP contribution in [0.4, 0.5) is 0 Å². The van der Waals surface area contributed by atoms with Gasteiger partial charge in [0.05, 0.1) is 11.4 Å². The summed E-state index contributed by atoms with van der Waals surface area (Å²) in [5.74, 6) is 0. The van der Waals surface area contributed by atoms with Crippen molar-refractivity contribution >= 4 is 0 Å². The van der Waals surface area contributed by atoms with E-state index in [1.54, 1.807) is 0 Å². The molecular formula is C16H25N3. The highest BCUT2D eigenvalue weighted by molar-refractivity contribution is 5.11. The molecule has 0 amide bonds. The number of nitrogens with zero attached hydrogens (tertiary/aromatic N) is 2. The second-order valence-electron chi connectivity index (χ2n) is 5.44. The Labute approximate surface area is 116 Å². The highest BCUT2D eigenvalue weighted by Crippen LogP contribution is 2.19. The molecule has 0 atom stereocenters. The number of hydrogen-bond donors (Lipinski definition) is 1. The Kier molecular flexibility index (Phi) is 5.55. The maximum Gasteiger partial charge on any atom is 0.0547 e. The zero-order valence-corrected chi connectivity index (χ0v) is 11.9. The molecule has 1 aromatic heterocycles. The van der Waals surface area contributed by atoms with E-state index >= 15 is 0 Å². The van der Waals surface area contributed by atoms with Crippen molar-refractivity contribution in [2.24, 2.45) is 0 Å². The minimum absolute atomic E-state index is 0.743. The van der Waals surface area contributed by atoms with E-state index in [9.17, 15) is 0 Å². The Morgan fingerprint density at radius 1 is 1.42 bits per heavy atom. The van der Waals surface area contributed by atoms with E-state index in [1.165, 1.54) is 19.3 Å². The van der Waals surface area contributed by atoms with Crippen LogP contribution in [0, 0.1) is 0 Å². The summed E-state index contributed by atoms with van der Waals surface area (Å²) in [5.41, 5.74) is 2.32. The van der Waals surface area contributed by atoms with Crippen LogP contribution < -0.4 is 5.32 Å². The average molecular weight is 259 g/mol. The lowest BCUT2D eigenvalue weighted by molar-refractivity contribution is 0.319. The molecule has 0 spiro atoms. The minimum Gasteiger partial charge on any atom is -0.308 e. The first kappa shape index (κ1) is 14.2. The maximum absolute atomic E-state index is 4.72. The number of allylic oxidation sites excluding steroid dienone is 1. The molecule has 3 nitrogen and oxygen atoms in total. The van der Waals surface area contributed by atoms with Gasteiger partial charge in [0.15, 0.2) is 0 Å². The van der Waals surface area contributed by atoms with Crippen LogP contribution in [0.15, 0.2) is 30.9 Å². The number of unbranched alkanes of at least 4 members (excludes halogenated alkanes) is 1. The van der Waals surface area contributed by atoms with Crippen molar-refractivity contribution in [3.05, 3.63) is 42.2 Å². The molecule has 0 bridgehead atoms. The van der Waals surface area contributed by atoms with E-state index in [0.717, 1.165) is 43.5 Å². The third-order valence-electron chi connectivity index (χ3n) is 3.39. The molecular weight excluding hydrogens is 234 g/mol. The van der Waals surface area contributed by atoms with Crippen LogP contribution in [0.5, 0.6) is 0 Å². The maximum atomic E-state index is 4.72. The van der Waals surface area contributed by atoms with Gasteiger partial charge in [-0.1, -0.05) is 12.1 Å². The first-order valence-corrected chi connectivity index (χ1v) is 7.25. The topological polar surface area (TPSA) is 28.2 Å². The fourth-order valence-electron chi connectivity index (χ4n) is 2.11. The van der Waals surface area contributed by atoms with E-state index in [0.29, 0.717) is 0 Å². The molecule has 0 unspecified atom stereocenters. The average Bonchev–Trinajstić information content (AvgIpc) is 3.21. The van der Waals surface area contributed by atoms with E-state index in [2.05, 4.69) is 42.0 Å². The van der Waals surface area contributed by atoms with Crippen molar-refractivity contribution in [2.75, 3.05) is 13.6 Å². The summed E-state index contributed by atoms with van der Waals surface area (Å²) in [6.07, 6.45) is 6.89. The van der Waals surface area contributed by atoms with Crippen molar-refractivity contribution in [3.8, 4) is 0 Å². The second-order valence-corrected chi connectivity index (χ2v) is 5.44. The number of aromatic nitrogens is 1. The Balaban J connectivity index is 1.77. The highest BCUT2D eigenvalue weighted by atomic mass is 15.1.